The summed E-state index contributed by atoms with van der Waals surface area (Å²) in [4.78, 5) is 16.5. The molecule has 4 N–H and O–H groups in total. The molecule has 11 heavy (non-hydrogen) atoms. The number of hydrogen-bond donors (Lipinski definition) is 2. The van der Waals surface area contributed by atoms with Crippen molar-refractivity contribution in [3.8, 4) is 0 Å². The van der Waals surface area contributed by atoms with Crippen LogP contribution in [0.25, 0.3) is 0 Å². The Balaban J connectivity index is -0.0000000339. The molecule has 0 fully saturated rings. The molecule has 0 rings (SSSR count). The minimum atomic E-state index is -1.75. The summed E-state index contributed by atoms with van der Waals surface area (Å²) in [5.74, 6) is 8.00. The Morgan fingerprint density at radius 1 is 0.818 bits per heavy atom. The first kappa shape index (κ1) is 22.5. The molecule has 0 atom stereocenters. The zero-order chi connectivity index (χ0) is 9.15. The van der Waals surface area contributed by atoms with Crippen molar-refractivity contribution in [2.24, 2.45) is 11.7 Å². The Morgan fingerprint density at radius 3 is 0.818 bits per heavy atom. The van der Waals surface area contributed by atoms with Gasteiger partial charge in [-0.1, -0.05) is 0 Å². The van der Waals surface area contributed by atoms with Crippen LogP contribution in [-0.2, 0) is 17.1 Å². The van der Waals surface area contributed by atoms with Crippen molar-refractivity contribution in [2.75, 3.05) is 0 Å². The van der Waals surface area contributed by atoms with Gasteiger partial charge >= 0.3 is 17.1 Å². The van der Waals surface area contributed by atoms with Gasteiger partial charge in [0.1, 0.15) is 0 Å². The van der Waals surface area contributed by atoms with E-state index >= 15 is 0 Å². The quantitative estimate of drug-likeness (QED) is 0.206. The average Bonchev–Trinajstić information content (AvgIpc) is 1.66. The summed E-state index contributed by atoms with van der Waals surface area (Å²) in [5.41, 5.74) is 0. The number of hydrazine groups is 1. The SMILES string of the molecule is NN.O=[N+]([O-])[O-].O=[N+]([O-])[O-].[Fe+2]. The molecule has 68 valence electrons. The monoisotopic (exact) mass is 212 g/mol. The maximum absolute atomic E-state index is 8.25. The second-order valence-electron chi connectivity index (χ2n) is 0.447. The molecule has 11 heteroatoms. The van der Waals surface area contributed by atoms with Crippen molar-refractivity contribution in [3.05, 3.63) is 30.6 Å². The van der Waals surface area contributed by atoms with Crippen LogP contribution >= 0.6 is 0 Å². The van der Waals surface area contributed by atoms with Crippen LogP contribution in [0, 0.1) is 30.6 Å². The fourth-order valence-corrected chi connectivity index (χ4v) is 0. The number of nitrogens with two attached hydrogens (primary N) is 2. The normalized spacial score (nSPS) is 4.91. The van der Waals surface area contributed by atoms with Crippen molar-refractivity contribution in [1.82, 2.24) is 0 Å². The molecule has 0 aromatic rings. The van der Waals surface area contributed by atoms with Crippen LogP contribution < -0.4 is 11.7 Å². The van der Waals surface area contributed by atoms with Gasteiger partial charge in [-0.3, -0.25) is 11.7 Å². The largest absolute Gasteiger partial charge is 2.00 e. The predicted molar refractivity (Wildman–Crippen MR) is 29.1 cm³/mol. The first-order chi connectivity index (χ1) is 4.46. The number of nitrogens with zero attached hydrogens (tertiary/aromatic N) is 2. The van der Waals surface area contributed by atoms with Crippen LogP contribution in [-0.4, -0.2) is 10.2 Å². The summed E-state index contributed by atoms with van der Waals surface area (Å²) in [6, 6.07) is 0. The van der Waals surface area contributed by atoms with Gasteiger partial charge in [-0.25, -0.2) is 0 Å². The smallest absolute Gasteiger partial charge is 0.356 e. The third-order valence-corrected chi connectivity index (χ3v) is 0. The van der Waals surface area contributed by atoms with Gasteiger partial charge in [0.25, 0.3) is 0 Å². The fraction of sp³-hybridized carbons (Fsp3) is 0. The molecule has 0 radical (unpaired) electrons. The van der Waals surface area contributed by atoms with Crippen LogP contribution in [0.3, 0.4) is 0 Å². The minimum absolute atomic E-state index is 0. The molecule has 0 aliphatic carbocycles. The molecule has 0 heterocycles. The van der Waals surface area contributed by atoms with E-state index in [0.717, 1.165) is 0 Å². The van der Waals surface area contributed by atoms with E-state index in [1.54, 1.807) is 0 Å². The maximum atomic E-state index is 8.25. The predicted octanol–water partition coefficient (Wildman–Crippen LogP) is -1.66. The molecule has 0 aromatic heterocycles. The first-order valence-electron chi connectivity index (χ1n) is 1.43. The van der Waals surface area contributed by atoms with Gasteiger partial charge in [-0.15, -0.1) is 0 Å². The number of rotatable bonds is 0. The van der Waals surface area contributed by atoms with E-state index in [4.69, 9.17) is 30.6 Å². The third kappa shape index (κ3) is 307. The Kier molecular flexibility index (Phi) is 47.5. The van der Waals surface area contributed by atoms with E-state index < -0.39 is 10.2 Å². The van der Waals surface area contributed by atoms with E-state index in [1.165, 1.54) is 0 Å². The van der Waals surface area contributed by atoms with E-state index in [-0.39, 0.29) is 17.1 Å². The van der Waals surface area contributed by atoms with Crippen molar-refractivity contribution in [2.45, 2.75) is 0 Å². The molecule has 0 aliphatic heterocycles. The van der Waals surface area contributed by atoms with Crippen LogP contribution in [0.1, 0.15) is 0 Å². The van der Waals surface area contributed by atoms with E-state index in [1.807, 2.05) is 0 Å². The van der Waals surface area contributed by atoms with Crippen molar-refractivity contribution in [1.29, 1.82) is 0 Å². The molecule has 0 bridgehead atoms. The Labute approximate surface area is 70.4 Å². The van der Waals surface area contributed by atoms with Crippen LogP contribution in [0.15, 0.2) is 0 Å². The van der Waals surface area contributed by atoms with Gasteiger partial charge in [0.15, 0.2) is 0 Å². The van der Waals surface area contributed by atoms with Gasteiger partial charge in [0.2, 0.25) is 0 Å². The molecule has 0 saturated heterocycles. The summed E-state index contributed by atoms with van der Waals surface area (Å²) in [6.45, 7) is 0. The standard InChI is InChI=1S/Fe.H4N2.2NO3/c;1-2;2*2-1(3)4/h;1-2H2;;/q+2;;2*-1. The van der Waals surface area contributed by atoms with Crippen molar-refractivity contribution < 1.29 is 27.2 Å². The Morgan fingerprint density at radius 2 is 0.818 bits per heavy atom. The Hall–Kier alpha value is -1.16. The summed E-state index contributed by atoms with van der Waals surface area (Å²) in [7, 11) is 0. The summed E-state index contributed by atoms with van der Waals surface area (Å²) in [6.07, 6.45) is 0. The van der Waals surface area contributed by atoms with Crippen molar-refractivity contribution in [3.63, 3.8) is 0 Å². The van der Waals surface area contributed by atoms with Crippen LogP contribution in [0.2, 0.25) is 0 Å². The van der Waals surface area contributed by atoms with Gasteiger partial charge in [0, 0.05) is 0 Å². The van der Waals surface area contributed by atoms with Gasteiger partial charge < -0.3 is 30.6 Å². The third-order valence-electron chi connectivity index (χ3n) is 0. The Bertz CT molecular complexity index is 72.6. The van der Waals surface area contributed by atoms with Crippen molar-refractivity contribution >= 4 is 0 Å². The molecule has 0 amide bonds. The molecule has 10 nitrogen and oxygen atoms in total. The van der Waals surface area contributed by atoms with Crippen LogP contribution in [0.4, 0.5) is 0 Å². The first-order valence-corrected chi connectivity index (χ1v) is 1.43. The van der Waals surface area contributed by atoms with Gasteiger partial charge in [-0.05, 0) is 0 Å². The molecule has 0 saturated carbocycles. The molecule has 0 aromatic carbocycles. The van der Waals surface area contributed by atoms with Crippen LogP contribution in [0.5, 0.6) is 0 Å². The molecule has 0 unspecified atom stereocenters. The van der Waals surface area contributed by atoms with Gasteiger partial charge in [-0.2, -0.15) is 0 Å². The van der Waals surface area contributed by atoms with E-state index in [9.17, 15) is 0 Å². The van der Waals surface area contributed by atoms with E-state index in [2.05, 4.69) is 11.7 Å². The second kappa shape index (κ2) is 23.2. The maximum Gasteiger partial charge on any atom is 2.00 e. The van der Waals surface area contributed by atoms with E-state index in [0.29, 0.717) is 0 Å². The second-order valence-corrected chi connectivity index (χ2v) is 0.447. The molecular formula is H4FeN4O6. The zero-order valence-corrected chi connectivity index (χ0v) is 5.96. The molecule has 0 aliphatic rings. The molecular weight excluding hydrogens is 208 g/mol. The van der Waals surface area contributed by atoms with Gasteiger partial charge in [0.05, 0.1) is 10.2 Å². The topological polar surface area (TPSA) is 184 Å². The molecule has 0 spiro atoms. The average molecular weight is 212 g/mol. The number of hydrogen-bond acceptors (Lipinski definition) is 8. The fourth-order valence-electron chi connectivity index (χ4n) is 0. The summed E-state index contributed by atoms with van der Waals surface area (Å²) in [5, 5.41) is 29.5. The summed E-state index contributed by atoms with van der Waals surface area (Å²) < 4.78 is 0. The summed E-state index contributed by atoms with van der Waals surface area (Å²) >= 11 is 0. The zero-order valence-electron chi connectivity index (χ0n) is 4.85. The minimum Gasteiger partial charge on any atom is -0.356 e.